The van der Waals surface area contributed by atoms with E-state index in [2.05, 4.69) is 47.1 Å². The first-order chi connectivity index (χ1) is 6.20. The maximum atomic E-state index is 5.86. The number of benzene rings is 1. The Hall–Kier alpha value is -0.340. The van der Waals surface area contributed by atoms with Gasteiger partial charge >= 0.3 is 0 Å². The van der Waals surface area contributed by atoms with Gasteiger partial charge in [-0.05, 0) is 36.8 Å². The van der Waals surface area contributed by atoms with Crippen LogP contribution in [-0.4, -0.2) is 6.04 Å². The van der Waals surface area contributed by atoms with Gasteiger partial charge in [0.25, 0.3) is 0 Å². The molecule has 0 saturated heterocycles. The average Bonchev–Trinajstić information content (AvgIpc) is 2.84. The van der Waals surface area contributed by atoms with Crippen molar-refractivity contribution in [3.05, 3.63) is 34.3 Å². The molecule has 1 saturated carbocycles. The summed E-state index contributed by atoms with van der Waals surface area (Å²) in [5.41, 5.74) is 7.28. The summed E-state index contributed by atoms with van der Waals surface area (Å²) in [6.45, 7) is 2.10. The van der Waals surface area contributed by atoms with Gasteiger partial charge in [0.05, 0.1) is 0 Å². The summed E-state index contributed by atoms with van der Waals surface area (Å²) >= 11 is 3.57. The van der Waals surface area contributed by atoms with Gasteiger partial charge in [-0.2, -0.15) is 0 Å². The molecule has 1 aromatic carbocycles. The summed E-state index contributed by atoms with van der Waals surface area (Å²) in [5.74, 6) is 1.38. The third kappa shape index (κ3) is 1.79. The zero-order valence-electron chi connectivity index (χ0n) is 7.70. The Labute approximate surface area is 87.5 Å². The summed E-state index contributed by atoms with van der Waals surface area (Å²) in [6.07, 6.45) is 1.25. The SMILES string of the molecule is C[C@H](N)[C@@H]1C[C@@H]1c1ccccc1Br. The first-order valence-electron chi connectivity index (χ1n) is 4.70. The molecular formula is C11H14BrN. The molecule has 0 heterocycles. The minimum Gasteiger partial charge on any atom is -0.328 e. The van der Waals surface area contributed by atoms with Crippen molar-refractivity contribution in [3.8, 4) is 0 Å². The van der Waals surface area contributed by atoms with E-state index in [1.54, 1.807) is 0 Å². The Morgan fingerprint density at radius 2 is 2.15 bits per heavy atom. The smallest absolute Gasteiger partial charge is 0.0210 e. The number of nitrogens with two attached hydrogens (primary N) is 1. The van der Waals surface area contributed by atoms with Gasteiger partial charge in [0.15, 0.2) is 0 Å². The van der Waals surface area contributed by atoms with Crippen molar-refractivity contribution in [3.63, 3.8) is 0 Å². The Kier molecular flexibility index (Phi) is 2.43. The van der Waals surface area contributed by atoms with E-state index in [9.17, 15) is 0 Å². The zero-order valence-corrected chi connectivity index (χ0v) is 9.29. The molecule has 1 nitrogen and oxygen atoms in total. The molecule has 2 N–H and O–H groups in total. The fraction of sp³-hybridized carbons (Fsp3) is 0.455. The number of rotatable bonds is 2. The van der Waals surface area contributed by atoms with Crippen molar-refractivity contribution in [2.45, 2.75) is 25.3 Å². The van der Waals surface area contributed by atoms with Crippen LogP contribution in [0.3, 0.4) is 0 Å². The molecule has 1 fully saturated rings. The van der Waals surface area contributed by atoms with Crippen LogP contribution in [-0.2, 0) is 0 Å². The zero-order chi connectivity index (χ0) is 9.42. The molecule has 0 bridgehead atoms. The minimum atomic E-state index is 0.331. The van der Waals surface area contributed by atoms with Crippen LogP contribution in [0.25, 0.3) is 0 Å². The van der Waals surface area contributed by atoms with E-state index in [1.165, 1.54) is 16.5 Å². The minimum absolute atomic E-state index is 0.331. The van der Waals surface area contributed by atoms with Crippen molar-refractivity contribution in [1.82, 2.24) is 0 Å². The molecule has 2 heteroatoms. The molecule has 2 rings (SSSR count). The van der Waals surface area contributed by atoms with Gasteiger partial charge in [0.1, 0.15) is 0 Å². The summed E-state index contributed by atoms with van der Waals surface area (Å²) < 4.78 is 1.23. The molecular weight excluding hydrogens is 226 g/mol. The molecule has 1 aliphatic rings. The normalized spacial score (nSPS) is 28.5. The second kappa shape index (κ2) is 3.43. The second-order valence-electron chi connectivity index (χ2n) is 3.89. The topological polar surface area (TPSA) is 26.0 Å². The molecule has 0 aromatic heterocycles. The van der Waals surface area contributed by atoms with Gasteiger partial charge in [0, 0.05) is 10.5 Å². The van der Waals surface area contributed by atoms with Crippen LogP contribution in [0.2, 0.25) is 0 Å². The van der Waals surface area contributed by atoms with Gasteiger partial charge in [-0.25, -0.2) is 0 Å². The lowest BCUT2D eigenvalue weighted by Crippen LogP contribution is -2.17. The monoisotopic (exact) mass is 239 g/mol. The Morgan fingerprint density at radius 1 is 1.46 bits per heavy atom. The first kappa shape index (κ1) is 9.22. The standard InChI is InChI=1S/C11H14BrN/c1-7(13)9-6-10(9)8-4-2-3-5-11(8)12/h2-5,7,9-10H,6,13H2,1H3/t7-,9-,10+/m0/s1. The lowest BCUT2D eigenvalue weighted by molar-refractivity contribution is 0.631. The largest absolute Gasteiger partial charge is 0.328 e. The van der Waals surface area contributed by atoms with Crippen LogP contribution in [0.15, 0.2) is 28.7 Å². The summed E-state index contributed by atoms with van der Waals surface area (Å²) in [7, 11) is 0. The molecule has 0 amide bonds. The summed E-state index contributed by atoms with van der Waals surface area (Å²) in [4.78, 5) is 0. The average molecular weight is 240 g/mol. The van der Waals surface area contributed by atoms with E-state index >= 15 is 0 Å². The van der Waals surface area contributed by atoms with Gasteiger partial charge < -0.3 is 5.73 Å². The van der Waals surface area contributed by atoms with Crippen LogP contribution in [0, 0.1) is 5.92 Å². The Balaban J connectivity index is 2.16. The molecule has 0 radical (unpaired) electrons. The quantitative estimate of drug-likeness (QED) is 0.845. The summed E-state index contributed by atoms with van der Waals surface area (Å²) in [6, 6.07) is 8.77. The van der Waals surface area contributed by atoms with Crippen LogP contribution >= 0.6 is 15.9 Å². The molecule has 3 atom stereocenters. The highest BCUT2D eigenvalue weighted by atomic mass is 79.9. The lowest BCUT2D eigenvalue weighted by atomic mass is 10.1. The molecule has 0 aliphatic heterocycles. The highest BCUT2D eigenvalue weighted by Gasteiger charge is 2.41. The van der Waals surface area contributed by atoms with E-state index in [1.807, 2.05) is 0 Å². The lowest BCUT2D eigenvalue weighted by Gasteiger charge is -2.05. The third-order valence-corrected chi connectivity index (χ3v) is 3.54. The second-order valence-corrected chi connectivity index (χ2v) is 4.74. The van der Waals surface area contributed by atoms with Gasteiger partial charge in [0.2, 0.25) is 0 Å². The van der Waals surface area contributed by atoms with Gasteiger partial charge in [-0.1, -0.05) is 34.1 Å². The number of hydrogen-bond donors (Lipinski definition) is 1. The van der Waals surface area contributed by atoms with E-state index in [-0.39, 0.29) is 0 Å². The molecule has 13 heavy (non-hydrogen) atoms. The van der Waals surface area contributed by atoms with E-state index in [4.69, 9.17) is 5.73 Å². The molecule has 1 aromatic rings. The molecule has 0 spiro atoms. The van der Waals surface area contributed by atoms with Crippen LogP contribution in [0.1, 0.15) is 24.8 Å². The van der Waals surface area contributed by atoms with Crippen LogP contribution in [0.5, 0.6) is 0 Å². The predicted molar refractivity (Wildman–Crippen MR) is 58.6 cm³/mol. The maximum Gasteiger partial charge on any atom is 0.0210 e. The predicted octanol–water partition coefficient (Wildman–Crippen LogP) is 2.90. The Bertz CT molecular complexity index is 309. The number of halogens is 1. The van der Waals surface area contributed by atoms with Gasteiger partial charge in [-0.15, -0.1) is 0 Å². The van der Waals surface area contributed by atoms with Crippen molar-refractivity contribution in [2.24, 2.45) is 11.7 Å². The van der Waals surface area contributed by atoms with Crippen molar-refractivity contribution < 1.29 is 0 Å². The highest BCUT2D eigenvalue weighted by Crippen LogP contribution is 2.50. The van der Waals surface area contributed by atoms with E-state index in [0.717, 1.165) is 0 Å². The molecule has 1 aliphatic carbocycles. The Morgan fingerprint density at radius 3 is 2.69 bits per heavy atom. The van der Waals surface area contributed by atoms with E-state index < -0.39 is 0 Å². The van der Waals surface area contributed by atoms with Crippen LogP contribution in [0.4, 0.5) is 0 Å². The van der Waals surface area contributed by atoms with Gasteiger partial charge in [-0.3, -0.25) is 0 Å². The fourth-order valence-electron chi connectivity index (χ4n) is 1.93. The fourth-order valence-corrected chi connectivity index (χ4v) is 2.51. The third-order valence-electron chi connectivity index (χ3n) is 2.82. The molecule has 70 valence electrons. The highest BCUT2D eigenvalue weighted by molar-refractivity contribution is 9.10. The maximum absolute atomic E-state index is 5.86. The molecule has 0 unspecified atom stereocenters. The summed E-state index contributed by atoms with van der Waals surface area (Å²) in [5, 5.41) is 0. The van der Waals surface area contributed by atoms with Crippen molar-refractivity contribution >= 4 is 15.9 Å². The van der Waals surface area contributed by atoms with Crippen molar-refractivity contribution in [2.75, 3.05) is 0 Å². The number of hydrogen-bond acceptors (Lipinski definition) is 1. The van der Waals surface area contributed by atoms with E-state index in [0.29, 0.717) is 17.9 Å². The van der Waals surface area contributed by atoms with Crippen LogP contribution < -0.4 is 5.73 Å². The first-order valence-corrected chi connectivity index (χ1v) is 5.49. The van der Waals surface area contributed by atoms with Crippen molar-refractivity contribution in [1.29, 1.82) is 0 Å².